The number of aromatic nitrogens is 1. The van der Waals surface area contributed by atoms with Gasteiger partial charge in [-0.3, -0.25) is 4.79 Å². The third-order valence-electron chi connectivity index (χ3n) is 3.77. The Hall–Kier alpha value is -3.26. The second kappa shape index (κ2) is 7.54. The first-order chi connectivity index (χ1) is 12.2. The molecule has 2 aromatic carbocycles. The van der Waals surface area contributed by atoms with Crippen LogP contribution in [0.25, 0.3) is 10.8 Å². The Kier molecular flexibility index (Phi) is 5.00. The van der Waals surface area contributed by atoms with Crippen LogP contribution in [0.2, 0.25) is 0 Å². The lowest BCUT2D eigenvalue weighted by Crippen LogP contribution is -2.24. The van der Waals surface area contributed by atoms with Gasteiger partial charge in [-0.15, -0.1) is 0 Å². The molecular formula is C20H18N2O3. The van der Waals surface area contributed by atoms with E-state index in [1.807, 2.05) is 42.5 Å². The van der Waals surface area contributed by atoms with Crippen LogP contribution in [0.3, 0.4) is 0 Å². The van der Waals surface area contributed by atoms with E-state index in [9.17, 15) is 4.79 Å². The van der Waals surface area contributed by atoms with Crippen molar-refractivity contribution in [1.29, 1.82) is 0 Å². The topological polar surface area (TPSA) is 64.4 Å². The summed E-state index contributed by atoms with van der Waals surface area (Å²) in [7, 11) is 0. The second-order valence-corrected chi connectivity index (χ2v) is 5.50. The molecule has 0 radical (unpaired) electrons. The van der Waals surface area contributed by atoms with E-state index in [0.29, 0.717) is 17.0 Å². The summed E-state index contributed by atoms with van der Waals surface area (Å²) in [6, 6.07) is 13.9. The number of nitrogens with one attached hydrogen (secondary N) is 1. The molecule has 3 aromatic rings. The van der Waals surface area contributed by atoms with Crippen LogP contribution in [0.1, 0.15) is 21.8 Å². The molecule has 0 saturated carbocycles. The number of hydrogen-bond acceptors (Lipinski definition) is 4. The van der Waals surface area contributed by atoms with Crippen molar-refractivity contribution < 1.29 is 14.1 Å². The van der Waals surface area contributed by atoms with Crippen LogP contribution in [0.15, 0.2) is 47.0 Å². The molecule has 5 nitrogen and oxygen atoms in total. The number of benzene rings is 2. The van der Waals surface area contributed by atoms with Crippen molar-refractivity contribution in [3.63, 3.8) is 0 Å². The maximum Gasteiger partial charge on any atom is 0.257 e. The Morgan fingerprint density at radius 2 is 1.96 bits per heavy atom. The minimum absolute atomic E-state index is 0.236. The molecule has 0 spiro atoms. The smallest absolute Gasteiger partial charge is 0.257 e. The molecule has 0 unspecified atom stereocenters. The normalized spacial score (nSPS) is 10.2. The van der Waals surface area contributed by atoms with Crippen LogP contribution in [0.4, 0.5) is 0 Å². The fraction of sp³-hybridized carbons (Fsp3) is 0.200. The van der Waals surface area contributed by atoms with Crippen LogP contribution in [-0.2, 0) is 0 Å². The molecule has 126 valence electrons. The zero-order chi connectivity index (χ0) is 17.6. The molecule has 0 aliphatic rings. The molecule has 0 bridgehead atoms. The lowest BCUT2D eigenvalue weighted by Gasteiger charge is -2.06. The SMILES string of the molecule is Cc1noc(C)c1C(=O)NCC#CCOc1cccc2ccccc12. The largest absolute Gasteiger partial charge is 0.480 e. The molecule has 3 rings (SSSR count). The van der Waals surface area contributed by atoms with E-state index in [1.54, 1.807) is 13.8 Å². The fourth-order valence-corrected chi connectivity index (χ4v) is 2.57. The average molecular weight is 334 g/mol. The zero-order valence-electron chi connectivity index (χ0n) is 14.1. The number of carbonyl (C=O) groups is 1. The Bertz CT molecular complexity index is 939. The van der Waals surface area contributed by atoms with Gasteiger partial charge in [0.2, 0.25) is 0 Å². The maximum atomic E-state index is 12.0. The van der Waals surface area contributed by atoms with Gasteiger partial charge in [0.1, 0.15) is 23.7 Å². The van der Waals surface area contributed by atoms with Crippen LogP contribution in [0.5, 0.6) is 5.75 Å². The minimum Gasteiger partial charge on any atom is -0.480 e. The van der Waals surface area contributed by atoms with Crippen molar-refractivity contribution in [1.82, 2.24) is 10.5 Å². The molecule has 0 aliphatic carbocycles. The summed E-state index contributed by atoms with van der Waals surface area (Å²) in [6.45, 7) is 3.94. The summed E-state index contributed by atoms with van der Waals surface area (Å²) in [5, 5.41) is 8.67. The van der Waals surface area contributed by atoms with Crippen LogP contribution < -0.4 is 10.1 Å². The van der Waals surface area contributed by atoms with Crippen molar-refractivity contribution >= 4 is 16.7 Å². The summed E-state index contributed by atoms with van der Waals surface area (Å²) >= 11 is 0. The average Bonchev–Trinajstić information content (AvgIpc) is 2.96. The molecule has 0 saturated heterocycles. The van der Waals surface area contributed by atoms with Crippen LogP contribution >= 0.6 is 0 Å². The van der Waals surface area contributed by atoms with E-state index in [0.717, 1.165) is 16.5 Å². The van der Waals surface area contributed by atoms with Gasteiger partial charge < -0.3 is 14.6 Å². The highest BCUT2D eigenvalue weighted by Gasteiger charge is 2.16. The van der Waals surface area contributed by atoms with Crippen molar-refractivity contribution in [2.75, 3.05) is 13.2 Å². The lowest BCUT2D eigenvalue weighted by atomic mass is 10.1. The predicted octanol–water partition coefficient (Wildman–Crippen LogP) is 3.26. The Balaban J connectivity index is 1.53. The van der Waals surface area contributed by atoms with E-state index >= 15 is 0 Å². The molecule has 1 amide bonds. The molecule has 0 fully saturated rings. The highest BCUT2D eigenvalue weighted by molar-refractivity contribution is 5.96. The molecule has 5 heteroatoms. The first kappa shape index (κ1) is 16.6. The Morgan fingerprint density at radius 3 is 2.76 bits per heavy atom. The Morgan fingerprint density at radius 1 is 1.16 bits per heavy atom. The lowest BCUT2D eigenvalue weighted by molar-refractivity contribution is 0.0956. The summed E-state index contributed by atoms with van der Waals surface area (Å²) in [5.41, 5.74) is 1.04. The number of carbonyl (C=O) groups excluding carboxylic acids is 1. The zero-order valence-corrected chi connectivity index (χ0v) is 14.1. The number of ether oxygens (including phenoxy) is 1. The molecule has 0 aliphatic heterocycles. The molecule has 1 aromatic heterocycles. The second-order valence-electron chi connectivity index (χ2n) is 5.50. The van der Waals surface area contributed by atoms with Crippen LogP contribution in [-0.4, -0.2) is 24.2 Å². The van der Waals surface area contributed by atoms with E-state index in [-0.39, 0.29) is 19.1 Å². The number of aryl methyl sites for hydroxylation is 2. The number of fused-ring (bicyclic) bond motifs is 1. The third-order valence-corrected chi connectivity index (χ3v) is 3.77. The molecule has 0 atom stereocenters. The number of rotatable bonds is 4. The van der Waals surface area contributed by atoms with Gasteiger partial charge in [-0.1, -0.05) is 53.4 Å². The van der Waals surface area contributed by atoms with Gasteiger partial charge in [0.05, 0.1) is 12.2 Å². The maximum absolute atomic E-state index is 12.0. The summed E-state index contributed by atoms with van der Waals surface area (Å²) in [5.74, 6) is 6.84. The molecular weight excluding hydrogens is 316 g/mol. The van der Waals surface area contributed by atoms with Gasteiger partial charge in [-0.25, -0.2) is 0 Å². The van der Waals surface area contributed by atoms with E-state index in [4.69, 9.17) is 9.26 Å². The molecule has 25 heavy (non-hydrogen) atoms. The van der Waals surface area contributed by atoms with Gasteiger partial charge in [0.15, 0.2) is 0 Å². The number of nitrogens with zero attached hydrogens (tertiary/aromatic N) is 1. The van der Waals surface area contributed by atoms with E-state index in [1.165, 1.54) is 0 Å². The van der Waals surface area contributed by atoms with Crippen molar-refractivity contribution in [3.8, 4) is 17.6 Å². The first-order valence-corrected chi connectivity index (χ1v) is 7.94. The van der Waals surface area contributed by atoms with Crippen LogP contribution in [0, 0.1) is 25.7 Å². The number of hydrogen-bond donors (Lipinski definition) is 1. The quantitative estimate of drug-likeness (QED) is 0.744. The van der Waals surface area contributed by atoms with E-state index in [2.05, 4.69) is 22.3 Å². The third kappa shape index (κ3) is 3.81. The van der Waals surface area contributed by atoms with Gasteiger partial charge in [0.25, 0.3) is 5.91 Å². The van der Waals surface area contributed by atoms with Gasteiger partial charge in [-0.05, 0) is 25.3 Å². The summed E-state index contributed by atoms with van der Waals surface area (Å²) in [6.07, 6.45) is 0. The summed E-state index contributed by atoms with van der Waals surface area (Å²) < 4.78 is 10.7. The van der Waals surface area contributed by atoms with E-state index < -0.39 is 0 Å². The predicted molar refractivity (Wildman–Crippen MR) is 95.5 cm³/mol. The number of amides is 1. The van der Waals surface area contributed by atoms with Crippen molar-refractivity contribution in [2.45, 2.75) is 13.8 Å². The molecule has 1 N–H and O–H groups in total. The highest BCUT2D eigenvalue weighted by atomic mass is 16.5. The standard InChI is InChI=1S/C20H18N2O3/c1-14-19(15(2)25-22-14)20(23)21-12-5-6-13-24-18-11-7-9-16-8-3-4-10-17(16)18/h3-4,7-11H,12-13H2,1-2H3,(H,21,23). The highest BCUT2D eigenvalue weighted by Crippen LogP contribution is 2.24. The fourth-order valence-electron chi connectivity index (χ4n) is 2.57. The van der Waals surface area contributed by atoms with Gasteiger partial charge in [0, 0.05) is 5.39 Å². The molecule has 1 heterocycles. The summed E-state index contributed by atoms with van der Waals surface area (Å²) in [4.78, 5) is 12.0. The first-order valence-electron chi connectivity index (χ1n) is 7.94. The monoisotopic (exact) mass is 334 g/mol. The minimum atomic E-state index is -0.236. The van der Waals surface area contributed by atoms with Crippen molar-refractivity contribution in [2.24, 2.45) is 0 Å². The Labute approximate surface area is 146 Å². The van der Waals surface area contributed by atoms with Gasteiger partial charge >= 0.3 is 0 Å². The van der Waals surface area contributed by atoms with Gasteiger partial charge in [-0.2, -0.15) is 0 Å². The van der Waals surface area contributed by atoms with Crippen molar-refractivity contribution in [3.05, 3.63) is 59.5 Å².